The quantitative estimate of drug-likeness (QED) is 0.843. The Kier molecular flexibility index (Phi) is 6.06. The number of benzene rings is 1. The van der Waals surface area contributed by atoms with Crippen LogP contribution in [0.25, 0.3) is 0 Å². The highest BCUT2D eigenvalue weighted by atomic mass is 35.5. The van der Waals surface area contributed by atoms with Crippen LogP contribution in [0.15, 0.2) is 24.3 Å². The number of hydrogen-bond donors (Lipinski definition) is 1. The van der Waals surface area contributed by atoms with Gasteiger partial charge in [0.1, 0.15) is 0 Å². The molecule has 0 radical (unpaired) electrons. The summed E-state index contributed by atoms with van der Waals surface area (Å²) in [5.41, 5.74) is 8.92. The van der Waals surface area contributed by atoms with Crippen molar-refractivity contribution in [3.8, 4) is 0 Å². The van der Waals surface area contributed by atoms with Gasteiger partial charge in [0.05, 0.1) is 0 Å². The molecule has 92 valence electrons. The van der Waals surface area contributed by atoms with Crippen LogP contribution >= 0.6 is 12.4 Å². The van der Waals surface area contributed by atoms with Crippen molar-refractivity contribution in [1.82, 2.24) is 0 Å². The Balaban J connectivity index is 0.00000225. The molecule has 0 heterocycles. The summed E-state index contributed by atoms with van der Waals surface area (Å²) in [6.45, 7) is 8.86. The first-order valence-corrected chi connectivity index (χ1v) is 5.81. The molecule has 0 unspecified atom stereocenters. The molecule has 1 aromatic rings. The first-order chi connectivity index (χ1) is 6.95. The fourth-order valence-electron chi connectivity index (χ4n) is 1.71. The first-order valence-electron chi connectivity index (χ1n) is 5.81. The summed E-state index contributed by atoms with van der Waals surface area (Å²) < 4.78 is 0. The van der Waals surface area contributed by atoms with Gasteiger partial charge in [-0.2, -0.15) is 0 Å². The molecule has 0 aromatic heterocycles. The van der Waals surface area contributed by atoms with Crippen molar-refractivity contribution in [3.63, 3.8) is 0 Å². The van der Waals surface area contributed by atoms with Crippen LogP contribution in [0.3, 0.4) is 0 Å². The van der Waals surface area contributed by atoms with Gasteiger partial charge in [0.25, 0.3) is 0 Å². The highest BCUT2D eigenvalue weighted by molar-refractivity contribution is 5.85. The molecule has 0 spiro atoms. The van der Waals surface area contributed by atoms with Crippen LogP contribution in [-0.2, 0) is 5.41 Å². The Morgan fingerprint density at radius 3 is 2.00 bits per heavy atom. The molecule has 0 aliphatic heterocycles. The lowest BCUT2D eigenvalue weighted by Crippen LogP contribution is -2.13. The molecule has 0 amide bonds. The van der Waals surface area contributed by atoms with Gasteiger partial charge in [-0.05, 0) is 23.0 Å². The van der Waals surface area contributed by atoms with E-state index in [0.29, 0.717) is 0 Å². The van der Waals surface area contributed by atoms with Crippen molar-refractivity contribution in [2.75, 3.05) is 0 Å². The van der Waals surface area contributed by atoms with Gasteiger partial charge >= 0.3 is 0 Å². The van der Waals surface area contributed by atoms with Crippen molar-refractivity contribution in [2.45, 2.75) is 52.0 Å². The SMILES string of the molecule is CCC[C@H](N)c1ccc(C(C)(C)C)cc1.Cl. The average Bonchev–Trinajstić information content (AvgIpc) is 2.17. The first kappa shape index (κ1) is 15.5. The molecule has 0 saturated carbocycles. The van der Waals surface area contributed by atoms with Gasteiger partial charge in [0, 0.05) is 6.04 Å². The van der Waals surface area contributed by atoms with E-state index in [1.165, 1.54) is 11.1 Å². The Hall–Kier alpha value is -0.530. The molecule has 0 aliphatic carbocycles. The Labute approximate surface area is 106 Å². The molecule has 0 bridgehead atoms. The third-order valence-corrected chi connectivity index (χ3v) is 2.80. The molecule has 1 rings (SSSR count). The van der Waals surface area contributed by atoms with Crippen LogP contribution in [-0.4, -0.2) is 0 Å². The van der Waals surface area contributed by atoms with Gasteiger partial charge in [0.2, 0.25) is 0 Å². The van der Waals surface area contributed by atoms with E-state index in [2.05, 4.69) is 52.0 Å². The fraction of sp³-hybridized carbons (Fsp3) is 0.571. The Bertz CT molecular complexity index is 298. The molecule has 0 aliphatic rings. The maximum atomic E-state index is 6.06. The van der Waals surface area contributed by atoms with Crippen molar-refractivity contribution >= 4 is 12.4 Å². The zero-order valence-corrected chi connectivity index (χ0v) is 11.6. The number of hydrogen-bond acceptors (Lipinski definition) is 1. The summed E-state index contributed by atoms with van der Waals surface area (Å²) in [5.74, 6) is 0. The number of rotatable bonds is 3. The number of halogens is 1. The lowest BCUT2D eigenvalue weighted by molar-refractivity contribution is 0.588. The van der Waals surface area contributed by atoms with E-state index in [1.54, 1.807) is 0 Å². The molecule has 2 heteroatoms. The normalized spacial score (nSPS) is 13.1. The minimum Gasteiger partial charge on any atom is -0.324 e. The zero-order chi connectivity index (χ0) is 11.5. The molecular formula is C14H24ClN. The Morgan fingerprint density at radius 2 is 1.62 bits per heavy atom. The summed E-state index contributed by atoms with van der Waals surface area (Å²) in [6.07, 6.45) is 2.21. The van der Waals surface area contributed by atoms with E-state index in [0.717, 1.165) is 12.8 Å². The van der Waals surface area contributed by atoms with E-state index in [1.807, 2.05) is 0 Å². The molecule has 1 atom stereocenters. The van der Waals surface area contributed by atoms with E-state index in [-0.39, 0.29) is 23.9 Å². The van der Waals surface area contributed by atoms with Crippen LogP contribution < -0.4 is 5.73 Å². The third-order valence-electron chi connectivity index (χ3n) is 2.80. The van der Waals surface area contributed by atoms with Crippen LogP contribution in [0, 0.1) is 0 Å². The van der Waals surface area contributed by atoms with Crippen LogP contribution in [0.5, 0.6) is 0 Å². The zero-order valence-electron chi connectivity index (χ0n) is 10.8. The minimum atomic E-state index is 0. The van der Waals surface area contributed by atoms with E-state index in [9.17, 15) is 0 Å². The van der Waals surface area contributed by atoms with Crippen molar-refractivity contribution in [2.24, 2.45) is 5.73 Å². The van der Waals surface area contributed by atoms with Gasteiger partial charge in [-0.3, -0.25) is 0 Å². The highest BCUT2D eigenvalue weighted by Crippen LogP contribution is 2.24. The molecule has 16 heavy (non-hydrogen) atoms. The standard InChI is InChI=1S/C14H23N.ClH/c1-5-6-13(15)11-7-9-12(10-8-11)14(2,3)4;/h7-10,13H,5-6,15H2,1-4H3;1H/t13-;/m0./s1. The second-order valence-electron chi connectivity index (χ2n) is 5.27. The van der Waals surface area contributed by atoms with Gasteiger partial charge in [0.15, 0.2) is 0 Å². The van der Waals surface area contributed by atoms with Gasteiger partial charge in [-0.25, -0.2) is 0 Å². The molecule has 1 nitrogen and oxygen atoms in total. The van der Waals surface area contributed by atoms with Gasteiger partial charge < -0.3 is 5.73 Å². The lowest BCUT2D eigenvalue weighted by atomic mass is 9.86. The number of nitrogens with two attached hydrogens (primary N) is 1. The minimum absolute atomic E-state index is 0. The van der Waals surface area contributed by atoms with Crippen LogP contribution in [0.1, 0.15) is 57.7 Å². The highest BCUT2D eigenvalue weighted by Gasteiger charge is 2.13. The molecule has 0 fully saturated rings. The summed E-state index contributed by atoms with van der Waals surface area (Å²) in [5, 5.41) is 0. The predicted molar refractivity (Wildman–Crippen MR) is 74.2 cm³/mol. The smallest absolute Gasteiger partial charge is 0.0294 e. The van der Waals surface area contributed by atoms with E-state index >= 15 is 0 Å². The second-order valence-corrected chi connectivity index (χ2v) is 5.27. The summed E-state index contributed by atoms with van der Waals surface area (Å²) >= 11 is 0. The molecule has 1 aromatic carbocycles. The summed E-state index contributed by atoms with van der Waals surface area (Å²) in [7, 11) is 0. The van der Waals surface area contributed by atoms with Crippen LogP contribution in [0.2, 0.25) is 0 Å². The van der Waals surface area contributed by atoms with Gasteiger partial charge in [-0.15, -0.1) is 12.4 Å². The van der Waals surface area contributed by atoms with Crippen molar-refractivity contribution < 1.29 is 0 Å². The monoisotopic (exact) mass is 241 g/mol. The van der Waals surface area contributed by atoms with Crippen molar-refractivity contribution in [3.05, 3.63) is 35.4 Å². The maximum absolute atomic E-state index is 6.06. The second kappa shape index (κ2) is 6.27. The summed E-state index contributed by atoms with van der Waals surface area (Å²) in [4.78, 5) is 0. The van der Waals surface area contributed by atoms with E-state index in [4.69, 9.17) is 5.73 Å². The summed E-state index contributed by atoms with van der Waals surface area (Å²) in [6, 6.07) is 8.93. The Morgan fingerprint density at radius 1 is 1.12 bits per heavy atom. The molecule has 2 N–H and O–H groups in total. The van der Waals surface area contributed by atoms with Crippen LogP contribution in [0.4, 0.5) is 0 Å². The van der Waals surface area contributed by atoms with Gasteiger partial charge in [-0.1, -0.05) is 58.4 Å². The third kappa shape index (κ3) is 4.15. The maximum Gasteiger partial charge on any atom is 0.0294 e. The van der Waals surface area contributed by atoms with E-state index < -0.39 is 0 Å². The molecular weight excluding hydrogens is 218 g/mol. The lowest BCUT2D eigenvalue weighted by Gasteiger charge is -2.20. The predicted octanol–water partition coefficient (Wildman–Crippen LogP) is 4.21. The molecule has 0 saturated heterocycles. The largest absolute Gasteiger partial charge is 0.324 e. The topological polar surface area (TPSA) is 26.0 Å². The van der Waals surface area contributed by atoms with Crippen molar-refractivity contribution in [1.29, 1.82) is 0 Å². The fourth-order valence-corrected chi connectivity index (χ4v) is 1.71. The average molecular weight is 242 g/mol.